The summed E-state index contributed by atoms with van der Waals surface area (Å²) in [6.07, 6.45) is 0. The van der Waals surface area contributed by atoms with Crippen molar-refractivity contribution in [1.82, 2.24) is 4.31 Å². The molecule has 3 aromatic rings. The number of thiophene rings is 1. The van der Waals surface area contributed by atoms with Gasteiger partial charge in [0.15, 0.2) is 0 Å². The maximum Gasteiger partial charge on any atom is 0.255 e. The summed E-state index contributed by atoms with van der Waals surface area (Å²) < 4.78 is 32.5. The number of morpholine rings is 1. The van der Waals surface area contributed by atoms with E-state index in [2.05, 4.69) is 16.8 Å². The minimum Gasteiger partial charge on any atom is -0.379 e. The summed E-state index contributed by atoms with van der Waals surface area (Å²) in [4.78, 5) is 14.0. The predicted octanol–water partition coefficient (Wildman–Crippen LogP) is 4.31. The maximum absolute atomic E-state index is 12.9. The fourth-order valence-corrected chi connectivity index (χ4v) is 6.34. The van der Waals surface area contributed by atoms with E-state index in [1.165, 1.54) is 22.0 Å². The molecular formula is C22H22N2O4S3. The minimum atomic E-state index is -3.66. The summed E-state index contributed by atoms with van der Waals surface area (Å²) in [5.74, 6) is 0.464. The second-order valence-electron chi connectivity index (χ2n) is 6.91. The summed E-state index contributed by atoms with van der Waals surface area (Å²) in [7, 11) is -3.66. The molecule has 1 saturated heterocycles. The quantitative estimate of drug-likeness (QED) is 0.517. The number of hydrogen-bond acceptors (Lipinski definition) is 6. The van der Waals surface area contributed by atoms with Gasteiger partial charge in [-0.1, -0.05) is 18.2 Å². The number of para-hydroxylation sites is 1. The molecule has 1 N–H and O–H groups in total. The zero-order valence-corrected chi connectivity index (χ0v) is 19.1. The van der Waals surface area contributed by atoms with Crippen LogP contribution in [0.25, 0.3) is 0 Å². The molecule has 1 amide bonds. The first kappa shape index (κ1) is 22.0. The van der Waals surface area contributed by atoms with Crippen LogP contribution in [0.3, 0.4) is 0 Å². The van der Waals surface area contributed by atoms with Crippen molar-refractivity contribution in [2.75, 3.05) is 31.6 Å². The molecule has 162 valence electrons. The molecule has 0 aliphatic carbocycles. The van der Waals surface area contributed by atoms with Crippen molar-refractivity contribution in [1.29, 1.82) is 0 Å². The second-order valence-corrected chi connectivity index (χ2v) is 10.6. The summed E-state index contributed by atoms with van der Waals surface area (Å²) >= 11 is 3.30. The van der Waals surface area contributed by atoms with Gasteiger partial charge in [-0.05, 0) is 52.7 Å². The van der Waals surface area contributed by atoms with Crippen LogP contribution < -0.4 is 5.32 Å². The van der Waals surface area contributed by atoms with Crippen molar-refractivity contribution in [2.24, 2.45) is 0 Å². The molecule has 0 atom stereocenters. The Morgan fingerprint density at radius 2 is 1.90 bits per heavy atom. The lowest BCUT2D eigenvalue weighted by Gasteiger charge is -2.26. The van der Waals surface area contributed by atoms with E-state index in [4.69, 9.17) is 4.74 Å². The van der Waals surface area contributed by atoms with Crippen LogP contribution in [-0.2, 0) is 20.5 Å². The summed E-state index contributed by atoms with van der Waals surface area (Å²) in [6.45, 7) is 1.37. The van der Waals surface area contributed by atoms with Crippen LogP contribution in [0.4, 0.5) is 5.69 Å². The number of rotatable bonds is 7. The minimum absolute atomic E-state index is 0.113. The van der Waals surface area contributed by atoms with Gasteiger partial charge >= 0.3 is 0 Å². The smallest absolute Gasteiger partial charge is 0.255 e. The highest BCUT2D eigenvalue weighted by Gasteiger charge is 2.27. The molecule has 1 aromatic heterocycles. The van der Waals surface area contributed by atoms with Crippen LogP contribution in [0.15, 0.2) is 75.1 Å². The Balaban J connectivity index is 1.50. The van der Waals surface area contributed by atoms with Crippen LogP contribution in [0, 0.1) is 0 Å². The molecule has 4 rings (SSSR count). The number of ether oxygens (including phenoxy) is 1. The number of anilines is 1. The number of hydrogen-bond donors (Lipinski definition) is 1. The number of sulfonamides is 1. The first-order valence-electron chi connectivity index (χ1n) is 9.76. The third-order valence-electron chi connectivity index (χ3n) is 4.81. The van der Waals surface area contributed by atoms with Crippen LogP contribution in [0.1, 0.15) is 15.9 Å². The van der Waals surface area contributed by atoms with E-state index in [-0.39, 0.29) is 10.8 Å². The Labute approximate surface area is 190 Å². The highest BCUT2D eigenvalue weighted by Crippen LogP contribution is 2.31. The fourth-order valence-electron chi connectivity index (χ4n) is 3.16. The molecule has 0 spiro atoms. The lowest BCUT2D eigenvalue weighted by Crippen LogP contribution is -2.40. The van der Waals surface area contributed by atoms with Crippen molar-refractivity contribution >= 4 is 44.7 Å². The highest BCUT2D eigenvalue weighted by molar-refractivity contribution is 7.98. The molecule has 2 aromatic carbocycles. The fraction of sp³-hybridized carbons (Fsp3) is 0.227. The highest BCUT2D eigenvalue weighted by atomic mass is 32.2. The average molecular weight is 475 g/mol. The molecule has 0 bridgehead atoms. The topological polar surface area (TPSA) is 75.7 Å². The zero-order chi connectivity index (χ0) is 21.7. The Hall–Kier alpha value is -2.17. The SMILES string of the molecule is O=C(Nc1ccccc1SCc1ccsc1)c1cccc(S(=O)(=O)N2CCOCC2)c1. The Bertz CT molecular complexity index is 1140. The van der Waals surface area contributed by atoms with Gasteiger partial charge in [-0.2, -0.15) is 15.6 Å². The van der Waals surface area contributed by atoms with Crippen LogP contribution in [-0.4, -0.2) is 44.9 Å². The Morgan fingerprint density at radius 3 is 2.68 bits per heavy atom. The lowest BCUT2D eigenvalue weighted by molar-refractivity contribution is 0.0730. The zero-order valence-electron chi connectivity index (χ0n) is 16.7. The molecule has 1 aliphatic rings. The van der Waals surface area contributed by atoms with Gasteiger partial charge in [0.05, 0.1) is 23.8 Å². The van der Waals surface area contributed by atoms with E-state index in [1.807, 2.05) is 29.6 Å². The summed E-state index contributed by atoms with van der Waals surface area (Å²) in [5, 5.41) is 7.08. The van der Waals surface area contributed by atoms with Gasteiger partial charge in [-0.15, -0.1) is 11.8 Å². The van der Waals surface area contributed by atoms with Gasteiger partial charge in [-0.3, -0.25) is 4.79 Å². The molecule has 2 heterocycles. The number of thioether (sulfide) groups is 1. The molecular weight excluding hydrogens is 452 g/mol. The Kier molecular flexibility index (Phi) is 7.09. The molecule has 1 fully saturated rings. The second kappa shape index (κ2) is 9.97. The maximum atomic E-state index is 12.9. The third-order valence-corrected chi connectivity index (χ3v) is 8.59. The average Bonchev–Trinajstić information content (AvgIpc) is 3.33. The van der Waals surface area contributed by atoms with E-state index >= 15 is 0 Å². The van der Waals surface area contributed by atoms with Gasteiger partial charge in [0.2, 0.25) is 10.0 Å². The van der Waals surface area contributed by atoms with Gasteiger partial charge in [0.25, 0.3) is 5.91 Å². The van der Waals surface area contributed by atoms with Crippen molar-refractivity contribution in [3.63, 3.8) is 0 Å². The summed E-state index contributed by atoms with van der Waals surface area (Å²) in [5.41, 5.74) is 2.23. The largest absolute Gasteiger partial charge is 0.379 e. The molecule has 6 nitrogen and oxygen atoms in total. The third kappa shape index (κ3) is 5.36. The number of carbonyl (C=O) groups excluding carboxylic acids is 1. The Morgan fingerprint density at radius 1 is 1.10 bits per heavy atom. The number of amides is 1. The molecule has 1 aliphatic heterocycles. The van der Waals surface area contributed by atoms with E-state index in [1.54, 1.807) is 35.2 Å². The number of carbonyl (C=O) groups is 1. The molecule has 9 heteroatoms. The summed E-state index contributed by atoms with van der Waals surface area (Å²) in [6, 6.07) is 15.9. The number of benzene rings is 2. The number of nitrogens with one attached hydrogen (secondary N) is 1. The predicted molar refractivity (Wildman–Crippen MR) is 124 cm³/mol. The monoisotopic (exact) mass is 474 g/mol. The molecule has 0 saturated carbocycles. The van der Waals surface area contributed by atoms with Crippen LogP contribution in [0.2, 0.25) is 0 Å². The molecule has 31 heavy (non-hydrogen) atoms. The number of nitrogens with zero attached hydrogens (tertiary/aromatic N) is 1. The van der Waals surface area contributed by atoms with Crippen molar-refractivity contribution < 1.29 is 17.9 Å². The van der Waals surface area contributed by atoms with E-state index < -0.39 is 10.0 Å². The van der Waals surface area contributed by atoms with Crippen molar-refractivity contribution in [3.8, 4) is 0 Å². The van der Waals surface area contributed by atoms with Crippen LogP contribution in [0.5, 0.6) is 0 Å². The first-order valence-corrected chi connectivity index (χ1v) is 13.1. The van der Waals surface area contributed by atoms with Crippen LogP contribution >= 0.6 is 23.1 Å². The van der Waals surface area contributed by atoms with Gasteiger partial charge in [0, 0.05) is 29.3 Å². The first-order chi connectivity index (χ1) is 15.0. The lowest BCUT2D eigenvalue weighted by atomic mass is 10.2. The normalized spacial score (nSPS) is 15.0. The van der Waals surface area contributed by atoms with Gasteiger partial charge < -0.3 is 10.1 Å². The molecule has 0 unspecified atom stereocenters. The van der Waals surface area contributed by atoms with E-state index in [9.17, 15) is 13.2 Å². The standard InChI is InChI=1S/C22H22N2O4S3/c25-22(23-20-6-1-2-7-21(20)30-16-17-8-13-29-15-17)18-4-3-5-19(14-18)31(26,27)24-9-11-28-12-10-24/h1-8,13-15H,9-12,16H2,(H,23,25). The van der Waals surface area contributed by atoms with E-state index in [0.29, 0.717) is 37.6 Å². The van der Waals surface area contributed by atoms with Gasteiger partial charge in [0.1, 0.15) is 0 Å². The van der Waals surface area contributed by atoms with Gasteiger partial charge in [-0.25, -0.2) is 8.42 Å². The molecule has 0 radical (unpaired) electrons. The van der Waals surface area contributed by atoms with E-state index in [0.717, 1.165) is 10.6 Å². The van der Waals surface area contributed by atoms with Crippen molar-refractivity contribution in [2.45, 2.75) is 15.5 Å². The van der Waals surface area contributed by atoms with Crippen molar-refractivity contribution in [3.05, 3.63) is 76.5 Å².